The van der Waals surface area contributed by atoms with E-state index in [1.807, 2.05) is 30.3 Å². The van der Waals surface area contributed by atoms with E-state index in [0.29, 0.717) is 28.3 Å². The van der Waals surface area contributed by atoms with Crippen LogP contribution in [0.5, 0.6) is 0 Å². The number of rotatable bonds is 8. The predicted molar refractivity (Wildman–Crippen MR) is 164 cm³/mol. The van der Waals surface area contributed by atoms with Crippen molar-refractivity contribution in [3.63, 3.8) is 0 Å². The Labute approximate surface area is 240 Å². The molecule has 0 aliphatic heterocycles. The van der Waals surface area contributed by atoms with E-state index >= 15 is 0 Å². The van der Waals surface area contributed by atoms with Crippen LogP contribution in [0, 0.1) is 13.8 Å². The molecule has 0 bridgehead atoms. The molecule has 2 amide bonds. The van der Waals surface area contributed by atoms with Crippen LogP contribution in [0.15, 0.2) is 115 Å². The zero-order chi connectivity index (χ0) is 28.8. The maximum absolute atomic E-state index is 12.9. The molecule has 0 fully saturated rings. The molecule has 5 rings (SSSR count). The number of urea groups is 1. The van der Waals surface area contributed by atoms with Gasteiger partial charge < -0.3 is 15.0 Å². The molecule has 206 valence electrons. The lowest BCUT2D eigenvalue weighted by Gasteiger charge is -2.37. The summed E-state index contributed by atoms with van der Waals surface area (Å²) in [6.45, 7) is 5.59. The number of aromatic nitrogens is 1. The van der Waals surface area contributed by atoms with Gasteiger partial charge in [0, 0.05) is 16.9 Å². The first-order valence-corrected chi connectivity index (χ1v) is 13.7. The molecular formula is C35H33N3O3. The van der Waals surface area contributed by atoms with Crippen LogP contribution >= 0.6 is 0 Å². The Kier molecular flexibility index (Phi) is 8.01. The summed E-state index contributed by atoms with van der Waals surface area (Å²) >= 11 is 0. The average molecular weight is 544 g/mol. The van der Waals surface area contributed by atoms with Crippen molar-refractivity contribution < 1.29 is 14.3 Å². The number of carbonyl (C=O) groups is 2. The van der Waals surface area contributed by atoms with Gasteiger partial charge in [-0.1, -0.05) is 103 Å². The molecule has 6 nitrogen and oxygen atoms in total. The van der Waals surface area contributed by atoms with E-state index in [4.69, 9.17) is 4.74 Å². The molecule has 1 heterocycles. The van der Waals surface area contributed by atoms with Gasteiger partial charge in [-0.3, -0.25) is 5.32 Å². The molecule has 4 aromatic carbocycles. The summed E-state index contributed by atoms with van der Waals surface area (Å²) in [5.74, 6) is 0.0393. The highest BCUT2D eigenvalue weighted by Crippen LogP contribution is 2.45. The smallest absolute Gasteiger partial charge is 0.340 e. The first-order chi connectivity index (χ1) is 19.9. The molecule has 0 aliphatic carbocycles. The fraction of sp³-hybridized carbons (Fsp3) is 0.143. The molecule has 0 aliphatic rings. The fourth-order valence-electron chi connectivity index (χ4n) is 5.53. The van der Waals surface area contributed by atoms with Crippen molar-refractivity contribution in [3.05, 3.63) is 154 Å². The van der Waals surface area contributed by atoms with Crippen LogP contribution in [-0.2, 0) is 10.2 Å². The van der Waals surface area contributed by atoms with Crippen molar-refractivity contribution in [2.24, 2.45) is 0 Å². The summed E-state index contributed by atoms with van der Waals surface area (Å²) in [5, 5.41) is 5.74. The van der Waals surface area contributed by atoms with Gasteiger partial charge >= 0.3 is 12.0 Å². The van der Waals surface area contributed by atoms with Gasteiger partial charge in [-0.2, -0.15) is 0 Å². The number of amides is 2. The summed E-state index contributed by atoms with van der Waals surface area (Å²) < 4.78 is 5.15. The highest BCUT2D eigenvalue weighted by Gasteiger charge is 2.38. The van der Waals surface area contributed by atoms with E-state index < -0.39 is 17.4 Å². The molecule has 0 unspecified atom stereocenters. The Morgan fingerprint density at radius 1 is 0.683 bits per heavy atom. The summed E-state index contributed by atoms with van der Waals surface area (Å²) in [5.41, 5.74) is 6.29. The van der Waals surface area contributed by atoms with E-state index in [1.54, 1.807) is 20.8 Å². The van der Waals surface area contributed by atoms with Crippen LogP contribution in [0.2, 0.25) is 0 Å². The maximum Gasteiger partial charge on any atom is 0.340 e. The van der Waals surface area contributed by atoms with Crippen LogP contribution in [0.4, 0.5) is 16.3 Å². The minimum atomic E-state index is -0.563. The van der Waals surface area contributed by atoms with Crippen molar-refractivity contribution >= 4 is 23.5 Å². The number of hydrogen-bond acceptors (Lipinski definition) is 3. The average Bonchev–Trinajstić information content (AvgIpc) is 3.28. The highest BCUT2D eigenvalue weighted by atomic mass is 16.5. The van der Waals surface area contributed by atoms with Crippen molar-refractivity contribution in [2.45, 2.75) is 26.2 Å². The lowest BCUT2D eigenvalue weighted by Crippen LogP contribution is -2.31. The third-order valence-corrected chi connectivity index (χ3v) is 7.35. The zero-order valence-electron chi connectivity index (χ0n) is 23.4. The first-order valence-electron chi connectivity index (χ1n) is 13.7. The van der Waals surface area contributed by atoms with Crippen LogP contribution in [0.3, 0.4) is 0 Å². The Balaban J connectivity index is 1.47. The number of H-pyrrole nitrogens is 1. The number of nitrogens with one attached hydrogen (secondary N) is 3. The number of benzene rings is 4. The molecule has 0 radical (unpaired) electrons. The largest absolute Gasteiger partial charge is 0.462 e. The van der Waals surface area contributed by atoms with Crippen LogP contribution in [-0.4, -0.2) is 23.6 Å². The second-order valence-corrected chi connectivity index (χ2v) is 9.85. The Bertz CT molecular complexity index is 1530. The van der Waals surface area contributed by atoms with Crippen molar-refractivity contribution in [3.8, 4) is 0 Å². The van der Waals surface area contributed by atoms with Gasteiger partial charge in [-0.25, -0.2) is 9.59 Å². The highest BCUT2D eigenvalue weighted by molar-refractivity contribution is 6.02. The second-order valence-electron chi connectivity index (χ2n) is 9.85. The molecule has 0 atom stereocenters. The van der Waals surface area contributed by atoms with Crippen molar-refractivity contribution in [2.75, 3.05) is 17.2 Å². The first kappa shape index (κ1) is 27.5. The summed E-state index contributed by atoms with van der Waals surface area (Å²) in [6, 6.07) is 38.9. The zero-order valence-corrected chi connectivity index (χ0v) is 23.4. The van der Waals surface area contributed by atoms with Crippen LogP contribution in [0.1, 0.15) is 50.8 Å². The van der Waals surface area contributed by atoms with Gasteiger partial charge in [0.2, 0.25) is 0 Å². The minimum absolute atomic E-state index is 0.280. The number of carbonyl (C=O) groups excluding carboxylic acids is 2. The van der Waals surface area contributed by atoms with E-state index in [-0.39, 0.29) is 6.61 Å². The number of ether oxygens (including phenoxy) is 1. The van der Waals surface area contributed by atoms with Gasteiger partial charge in [-0.15, -0.1) is 0 Å². The number of anilines is 2. The van der Waals surface area contributed by atoms with Gasteiger partial charge in [-0.05, 0) is 55.2 Å². The van der Waals surface area contributed by atoms with E-state index in [0.717, 1.165) is 22.3 Å². The summed E-state index contributed by atoms with van der Waals surface area (Å²) in [6.07, 6.45) is 0. The van der Waals surface area contributed by atoms with E-state index in [1.165, 1.54) is 0 Å². The second kappa shape index (κ2) is 12.0. The third-order valence-electron chi connectivity index (χ3n) is 7.35. The van der Waals surface area contributed by atoms with Crippen LogP contribution in [0.25, 0.3) is 0 Å². The van der Waals surface area contributed by atoms with E-state index in [2.05, 4.69) is 101 Å². The minimum Gasteiger partial charge on any atom is -0.462 e. The van der Waals surface area contributed by atoms with Gasteiger partial charge in [0.25, 0.3) is 0 Å². The normalized spacial score (nSPS) is 11.1. The van der Waals surface area contributed by atoms with Crippen molar-refractivity contribution in [1.29, 1.82) is 0 Å². The lowest BCUT2D eigenvalue weighted by atomic mass is 9.65. The number of aromatic amines is 1. The van der Waals surface area contributed by atoms with Gasteiger partial charge in [0.05, 0.1) is 17.6 Å². The Morgan fingerprint density at radius 3 is 1.61 bits per heavy atom. The van der Waals surface area contributed by atoms with Crippen LogP contribution < -0.4 is 10.6 Å². The number of aryl methyl sites for hydroxylation is 1. The molecule has 3 N–H and O–H groups in total. The Hall–Kier alpha value is -5.10. The molecule has 0 spiro atoms. The molecule has 5 aromatic rings. The van der Waals surface area contributed by atoms with Gasteiger partial charge in [0.15, 0.2) is 0 Å². The molecule has 0 saturated heterocycles. The predicted octanol–water partition coefficient (Wildman–Crippen LogP) is 7.83. The third kappa shape index (κ3) is 5.37. The monoisotopic (exact) mass is 543 g/mol. The topological polar surface area (TPSA) is 83.2 Å². The number of esters is 1. The molecule has 1 aromatic heterocycles. The Morgan fingerprint density at radius 2 is 1.15 bits per heavy atom. The molecular weight excluding hydrogens is 510 g/mol. The SMILES string of the molecule is CCOC(=O)c1c(C)[nH]c(NC(=O)Nc2ccc(C(c3ccccc3)(c3ccccc3)c3ccccc3)cc2)c1C. The lowest BCUT2D eigenvalue weighted by molar-refractivity contribution is 0.0525. The quantitative estimate of drug-likeness (QED) is 0.138. The number of hydrogen-bond donors (Lipinski definition) is 3. The summed E-state index contributed by atoms with van der Waals surface area (Å²) in [4.78, 5) is 28.3. The fourth-order valence-corrected chi connectivity index (χ4v) is 5.53. The van der Waals surface area contributed by atoms with E-state index in [9.17, 15) is 9.59 Å². The molecule has 0 saturated carbocycles. The van der Waals surface area contributed by atoms with Gasteiger partial charge in [0.1, 0.15) is 5.82 Å². The summed E-state index contributed by atoms with van der Waals surface area (Å²) in [7, 11) is 0. The van der Waals surface area contributed by atoms with Crippen molar-refractivity contribution in [1.82, 2.24) is 4.98 Å². The maximum atomic E-state index is 12.9. The standard InChI is InChI=1S/C35H33N3O3/c1-4-41-33(39)31-24(2)32(36-25(31)3)38-34(40)37-30-22-20-29(21-23-30)35(26-14-8-5-9-15-26,27-16-10-6-11-17-27)28-18-12-7-13-19-28/h5-23,36H,4H2,1-3H3,(H2,37,38,40). The molecule has 6 heteroatoms. The molecule has 41 heavy (non-hydrogen) atoms.